The molecule has 2 heterocycles. The summed E-state index contributed by atoms with van der Waals surface area (Å²) >= 11 is 0. The second kappa shape index (κ2) is 4.15. The van der Waals surface area contributed by atoms with E-state index in [9.17, 15) is 4.79 Å². The molecule has 0 spiro atoms. The molecule has 2 amide bonds. The largest absolute Gasteiger partial charge is 0.338 e. The summed E-state index contributed by atoms with van der Waals surface area (Å²) in [6.45, 7) is 6.08. The topological polar surface area (TPSA) is 50.2 Å². The maximum absolute atomic E-state index is 11.7. The van der Waals surface area contributed by atoms with E-state index in [1.54, 1.807) is 0 Å². The number of carbonyl (C=O) groups is 1. The molecule has 88 valence electrons. The minimum absolute atomic E-state index is 0.0204. The normalized spacial score (nSPS) is 14.8. The number of nitrogens with zero attached hydrogens (tertiary/aromatic N) is 3. The Morgan fingerprint density at radius 1 is 1.56 bits per heavy atom. The fraction of sp³-hybridized carbons (Fsp3) is 0.636. The number of hydrogen-bond donors (Lipinski definition) is 1. The molecule has 1 aliphatic rings. The second-order valence-corrected chi connectivity index (χ2v) is 4.14. The van der Waals surface area contributed by atoms with Crippen molar-refractivity contribution in [2.45, 2.75) is 26.8 Å². The Labute approximate surface area is 95.4 Å². The molecule has 1 aromatic rings. The van der Waals surface area contributed by atoms with Crippen molar-refractivity contribution < 1.29 is 4.79 Å². The predicted octanol–water partition coefficient (Wildman–Crippen LogP) is 0.816. The van der Waals surface area contributed by atoms with Gasteiger partial charge in [0.05, 0.1) is 17.9 Å². The smallest absolute Gasteiger partial charge is 0.317 e. The van der Waals surface area contributed by atoms with Crippen LogP contribution in [0.5, 0.6) is 0 Å². The van der Waals surface area contributed by atoms with Crippen molar-refractivity contribution >= 4 is 6.03 Å². The fourth-order valence-electron chi connectivity index (χ4n) is 2.22. The van der Waals surface area contributed by atoms with Gasteiger partial charge in [0.25, 0.3) is 0 Å². The zero-order valence-corrected chi connectivity index (χ0v) is 10.1. The highest BCUT2D eigenvalue weighted by molar-refractivity contribution is 5.74. The monoisotopic (exact) mass is 222 g/mol. The highest BCUT2D eigenvalue weighted by Gasteiger charge is 2.24. The molecule has 1 aromatic heterocycles. The summed E-state index contributed by atoms with van der Waals surface area (Å²) in [5, 5.41) is 7.22. The summed E-state index contributed by atoms with van der Waals surface area (Å²) in [5.74, 6) is 0. The van der Waals surface area contributed by atoms with E-state index in [1.807, 2.05) is 30.5 Å². The van der Waals surface area contributed by atoms with Gasteiger partial charge in [-0.25, -0.2) is 4.79 Å². The third-order valence-corrected chi connectivity index (χ3v) is 3.06. The van der Waals surface area contributed by atoms with Crippen LogP contribution in [0.15, 0.2) is 0 Å². The quantitative estimate of drug-likeness (QED) is 0.764. The first-order valence-corrected chi connectivity index (χ1v) is 5.67. The molecule has 0 unspecified atom stereocenters. The summed E-state index contributed by atoms with van der Waals surface area (Å²) < 4.78 is 1.88. The van der Waals surface area contributed by atoms with Crippen molar-refractivity contribution in [2.75, 3.05) is 13.1 Å². The average Bonchev–Trinajstić information content (AvgIpc) is 2.55. The first kappa shape index (κ1) is 11.0. The number of urea groups is 1. The van der Waals surface area contributed by atoms with Crippen LogP contribution in [0.4, 0.5) is 4.79 Å². The van der Waals surface area contributed by atoms with Crippen molar-refractivity contribution in [1.29, 1.82) is 0 Å². The van der Waals surface area contributed by atoms with Crippen molar-refractivity contribution in [3.8, 4) is 0 Å². The number of nitrogens with one attached hydrogen (secondary N) is 1. The molecular weight excluding hydrogens is 204 g/mol. The molecule has 0 saturated heterocycles. The standard InChI is InChI=1S/C11H18N4O/c1-4-12-11(16)15-6-5-9-8(2)13-14(3)10(9)7-15/h4-7H2,1-3H3,(H,12,16). The minimum Gasteiger partial charge on any atom is -0.338 e. The lowest BCUT2D eigenvalue weighted by atomic mass is 10.1. The summed E-state index contributed by atoms with van der Waals surface area (Å²) in [6, 6.07) is 0.0204. The van der Waals surface area contributed by atoms with Gasteiger partial charge in [0.15, 0.2) is 0 Å². The number of aryl methyl sites for hydroxylation is 2. The first-order chi connectivity index (χ1) is 7.63. The Morgan fingerprint density at radius 3 is 3.00 bits per heavy atom. The average molecular weight is 222 g/mol. The van der Waals surface area contributed by atoms with E-state index in [-0.39, 0.29) is 6.03 Å². The van der Waals surface area contributed by atoms with Crippen molar-refractivity contribution in [2.24, 2.45) is 7.05 Å². The van der Waals surface area contributed by atoms with Crippen molar-refractivity contribution in [1.82, 2.24) is 20.0 Å². The van der Waals surface area contributed by atoms with Crippen LogP contribution in [-0.2, 0) is 20.0 Å². The van der Waals surface area contributed by atoms with Crippen LogP contribution in [0.25, 0.3) is 0 Å². The Kier molecular flexibility index (Phi) is 2.85. The number of amides is 2. The summed E-state index contributed by atoms with van der Waals surface area (Å²) in [7, 11) is 1.94. The summed E-state index contributed by atoms with van der Waals surface area (Å²) in [6.07, 6.45) is 0.909. The predicted molar refractivity (Wildman–Crippen MR) is 61.1 cm³/mol. The third-order valence-electron chi connectivity index (χ3n) is 3.06. The van der Waals surface area contributed by atoms with Gasteiger partial charge < -0.3 is 10.2 Å². The molecule has 0 atom stereocenters. The van der Waals surface area contributed by atoms with E-state index in [0.29, 0.717) is 13.1 Å². The number of rotatable bonds is 1. The molecule has 1 aliphatic heterocycles. The number of hydrogen-bond acceptors (Lipinski definition) is 2. The Bertz CT molecular complexity index is 410. The van der Waals surface area contributed by atoms with E-state index in [0.717, 1.165) is 24.4 Å². The van der Waals surface area contributed by atoms with Gasteiger partial charge in [-0.1, -0.05) is 0 Å². The molecule has 2 rings (SSSR count). The first-order valence-electron chi connectivity index (χ1n) is 5.67. The maximum Gasteiger partial charge on any atom is 0.317 e. The van der Waals surface area contributed by atoms with Crippen LogP contribution in [0, 0.1) is 6.92 Å². The van der Waals surface area contributed by atoms with Crippen molar-refractivity contribution in [3.05, 3.63) is 17.0 Å². The van der Waals surface area contributed by atoms with Gasteiger partial charge in [-0.15, -0.1) is 0 Å². The van der Waals surface area contributed by atoms with Crippen LogP contribution < -0.4 is 5.32 Å². The zero-order chi connectivity index (χ0) is 11.7. The molecule has 0 saturated carbocycles. The summed E-state index contributed by atoms with van der Waals surface area (Å²) in [5.41, 5.74) is 3.56. The Balaban J connectivity index is 2.17. The van der Waals surface area contributed by atoms with Gasteiger partial charge in [0.2, 0.25) is 0 Å². The van der Waals surface area contributed by atoms with Crippen LogP contribution in [0.3, 0.4) is 0 Å². The molecule has 0 bridgehead atoms. The lowest BCUT2D eigenvalue weighted by Gasteiger charge is -2.27. The third kappa shape index (κ3) is 1.77. The molecule has 5 heteroatoms. The number of fused-ring (bicyclic) bond motifs is 1. The van der Waals surface area contributed by atoms with Gasteiger partial charge in [-0.2, -0.15) is 5.10 Å². The second-order valence-electron chi connectivity index (χ2n) is 4.14. The lowest BCUT2D eigenvalue weighted by Crippen LogP contribution is -2.43. The molecule has 0 aromatic carbocycles. The van der Waals surface area contributed by atoms with Gasteiger partial charge in [0.1, 0.15) is 0 Å². The van der Waals surface area contributed by atoms with E-state index in [2.05, 4.69) is 10.4 Å². The highest BCUT2D eigenvalue weighted by atomic mass is 16.2. The number of aromatic nitrogens is 2. The van der Waals surface area contributed by atoms with E-state index >= 15 is 0 Å². The van der Waals surface area contributed by atoms with Gasteiger partial charge in [-0.3, -0.25) is 4.68 Å². The van der Waals surface area contributed by atoms with Crippen LogP contribution in [-0.4, -0.2) is 33.8 Å². The van der Waals surface area contributed by atoms with Crippen LogP contribution in [0.1, 0.15) is 23.9 Å². The van der Waals surface area contributed by atoms with Crippen molar-refractivity contribution in [3.63, 3.8) is 0 Å². The Hall–Kier alpha value is -1.52. The van der Waals surface area contributed by atoms with Gasteiger partial charge in [-0.05, 0) is 25.8 Å². The molecular formula is C11H18N4O. The molecule has 0 fully saturated rings. The summed E-state index contributed by atoms with van der Waals surface area (Å²) in [4.78, 5) is 13.6. The van der Waals surface area contributed by atoms with E-state index in [4.69, 9.17) is 0 Å². The van der Waals surface area contributed by atoms with Gasteiger partial charge >= 0.3 is 6.03 Å². The lowest BCUT2D eigenvalue weighted by molar-refractivity contribution is 0.191. The van der Waals surface area contributed by atoms with E-state index < -0.39 is 0 Å². The highest BCUT2D eigenvalue weighted by Crippen LogP contribution is 2.21. The molecule has 0 radical (unpaired) electrons. The minimum atomic E-state index is 0.0204. The fourth-order valence-corrected chi connectivity index (χ4v) is 2.22. The van der Waals surface area contributed by atoms with E-state index in [1.165, 1.54) is 5.56 Å². The SMILES string of the molecule is CCNC(=O)N1CCc2c(C)nn(C)c2C1. The zero-order valence-electron chi connectivity index (χ0n) is 10.1. The molecule has 1 N–H and O–H groups in total. The van der Waals surface area contributed by atoms with Crippen LogP contribution in [0.2, 0.25) is 0 Å². The Morgan fingerprint density at radius 2 is 2.31 bits per heavy atom. The molecule has 16 heavy (non-hydrogen) atoms. The van der Waals surface area contributed by atoms with Crippen LogP contribution >= 0.6 is 0 Å². The van der Waals surface area contributed by atoms with Gasteiger partial charge in [0, 0.05) is 20.1 Å². The molecule has 0 aliphatic carbocycles. The number of carbonyl (C=O) groups excluding carboxylic acids is 1. The molecule has 5 nitrogen and oxygen atoms in total. The maximum atomic E-state index is 11.7.